The van der Waals surface area contributed by atoms with Crippen molar-refractivity contribution in [3.63, 3.8) is 0 Å². The standard InChI is InChI=1S/C14H13ClO4/c1-3-9-6-12(16)10-4-8(7(2)14(17)18)5-11(15)13(10)19-9/h4-7H,3H2,1-2H3,(H,17,18)/p-1. The van der Waals surface area contributed by atoms with Crippen LogP contribution in [0.2, 0.25) is 5.02 Å². The molecule has 1 atom stereocenters. The van der Waals surface area contributed by atoms with Crippen LogP contribution in [0.5, 0.6) is 0 Å². The monoisotopic (exact) mass is 279 g/mol. The number of aliphatic carboxylic acids is 1. The Morgan fingerprint density at radius 2 is 2.11 bits per heavy atom. The van der Waals surface area contributed by atoms with Gasteiger partial charge in [-0.3, -0.25) is 4.79 Å². The predicted molar refractivity (Wildman–Crippen MR) is 70.3 cm³/mol. The molecule has 0 aliphatic heterocycles. The number of aryl methyl sites for hydroxylation is 1. The fourth-order valence-corrected chi connectivity index (χ4v) is 2.11. The Hall–Kier alpha value is -1.81. The van der Waals surface area contributed by atoms with Gasteiger partial charge in [0.05, 0.1) is 10.4 Å². The minimum absolute atomic E-state index is 0.229. The lowest BCUT2D eigenvalue weighted by molar-refractivity contribution is -0.307. The van der Waals surface area contributed by atoms with Crippen LogP contribution >= 0.6 is 11.6 Å². The van der Waals surface area contributed by atoms with Crippen LogP contribution in [0.25, 0.3) is 11.0 Å². The first-order valence-electron chi connectivity index (χ1n) is 5.91. The van der Waals surface area contributed by atoms with Gasteiger partial charge in [0.2, 0.25) is 0 Å². The highest BCUT2D eigenvalue weighted by Gasteiger charge is 2.13. The van der Waals surface area contributed by atoms with Gasteiger partial charge in [-0.15, -0.1) is 0 Å². The maximum Gasteiger partial charge on any atom is 0.193 e. The molecule has 4 nitrogen and oxygen atoms in total. The lowest BCUT2D eigenvalue weighted by Gasteiger charge is -2.14. The maximum atomic E-state index is 12.0. The number of rotatable bonds is 3. The summed E-state index contributed by atoms with van der Waals surface area (Å²) in [5, 5.41) is 11.4. The number of hydrogen-bond donors (Lipinski definition) is 0. The first-order valence-corrected chi connectivity index (χ1v) is 6.28. The zero-order valence-corrected chi connectivity index (χ0v) is 11.3. The number of carboxylic acid groups (broad SMARTS) is 1. The van der Waals surface area contributed by atoms with Crippen molar-refractivity contribution in [2.24, 2.45) is 0 Å². The summed E-state index contributed by atoms with van der Waals surface area (Å²) in [7, 11) is 0. The van der Waals surface area contributed by atoms with Gasteiger partial charge in [-0.05, 0) is 17.7 Å². The van der Waals surface area contributed by atoms with Crippen LogP contribution in [0.3, 0.4) is 0 Å². The molecule has 0 aliphatic carbocycles. The molecule has 1 unspecified atom stereocenters. The molecule has 1 aromatic carbocycles. The van der Waals surface area contributed by atoms with Crippen LogP contribution in [-0.2, 0) is 11.2 Å². The molecule has 0 amide bonds. The predicted octanol–water partition coefficient (Wildman–Crippen LogP) is 1.86. The van der Waals surface area contributed by atoms with Gasteiger partial charge >= 0.3 is 0 Å². The van der Waals surface area contributed by atoms with Gasteiger partial charge in [0.15, 0.2) is 11.0 Å². The molecule has 0 saturated heterocycles. The molecule has 5 heteroatoms. The maximum absolute atomic E-state index is 12.0. The Balaban J connectivity index is 2.74. The average Bonchev–Trinajstić information content (AvgIpc) is 2.38. The van der Waals surface area contributed by atoms with Gasteiger partial charge in [0, 0.05) is 24.4 Å². The lowest BCUT2D eigenvalue weighted by Crippen LogP contribution is -2.28. The van der Waals surface area contributed by atoms with E-state index in [1.807, 2.05) is 6.92 Å². The van der Waals surface area contributed by atoms with Gasteiger partial charge in [-0.2, -0.15) is 0 Å². The Morgan fingerprint density at radius 3 is 2.68 bits per heavy atom. The summed E-state index contributed by atoms with van der Waals surface area (Å²) in [6.07, 6.45) is 0.582. The van der Waals surface area contributed by atoms with Crippen LogP contribution in [0.15, 0.2) is 27.4 Å². The number of benzene rings is 1. The van der Waals surface area contributed by atoms with Crippen LogP contribution in [0, 0.1) is 0 Å². The number of fused-ring (bicyclic) bond motifs is 1. The van der Waals surface area contributed by atoms with E-state index < -0.39 is 11.9 Å². The van der Waals surface area contributed by atoms with E-state index in [2.05, 4.69) is 0 Å². The summed E-state index contributed by atoms with van der Waals surface area (Å²) < 4.78 is 5.52. The zero-order chi connectivity index (χ0) is 14.2. The van der Waals surface area contributed by atoms with Crippen molar-refractivity contribution in [1.82, 2.24) is 0 Å². The number of halogens is 1. The molecule has 0 spiro atoms. The van der Waals surface area contributed by atoms with Crippen molar-refractivity contribution >= 4 is 28.5 Å². The SMILES string of the molecule is CCc1cc(=O)c2cc(C(C)C(=O)[O-])cc(Cl)c2o1. The third-order valence-corrected chi connectivity index (χ3v) is 3.34. The van der Waals surface area contributed by atoms with Gasteiger partial charge in [0.1, 0.15) is 5.76 Å². The van der Waals surface area contributed by atoms with Crippen LogP contribution < -0.4 is 10.5 Å². The highest BCUT2D eigenvalue weighted by atomic mass is 35.5. The van der Waals surface area contributed by atoms with Crippen molar-refractivity contribution in [1.29, 1.82) is 0 Å². The minimum Gasteiger partial charge on any atom is -0.550 e. The second-order valence-corrected chi connectivity index (χ2v) is 4.76. The Kier molecular flexibility index (Phi) is 3.62. The first kappa shape index (κ1) is 13.6. The fraction of sp³-hybridized carbons (Fsp3) is 0.286. The molecule has 0 fully saturated rings. The molecule has 0 radical (unpaired) electrons. The van der Waals surface area contributed by atoms with Gasteiger partial charge in [-0.1, -0.05) is 25.4 Å². The van der Waals surface area contributed by atoms with E-state index in [-0.39, 0.29) is 15.8 Å². The third kappa shape index (κ3) is 2.49. The molecule has 0 bridgehead atoms. The molecule has 1 aromatic heterocycles. The fourth-order valence-electron chi connectivity index (χ4n) is 1.85. The van der Waals surface area contributed by atoms with E-state index in [0.29, 0.717) is 23.3 Å². The number of carbonyl (C=O) groups excluding carboxylic acids is 1. The molecular formula is C14H12ClO4-. The van der Waals surface area contributed by atoms with Gasteiger partial charge in [0.25, 0.3) is 0 Å². The smallest absolute Gasteiger partial charge is 0.193 e. The molecule has 1 heterocycles. The highest BCUT2D eigenvalue weighted by molar-refractivity contribution is 6.34. The van der Waals surface area contributed by atoms with Crippen molar-refractivity contribution in [3.05, 3.63) is 44.8 Å². The van der Waals surface area contributed by atoms with Crippen molar-refractivity contribution in [2.75, 3.05) is 0 Å². The van der Waals surface area contributed by atoms with E-state index >= 15 is 0 Å². The molecule has 0 saturated carbocycles. The topological polar surface area (TPSA) is 70.3 Å². The molecule has 0 aliphatic rings. The van der Waals surface area contributed by atoms with E-state index in [0.717, 1.165) is 0 Å². The highest BCUT2D eigenvalue weighted by Crippen LogP contribution is 2.28. The third-order valence-electron chi connectivity index (χ3n) is 3.06. The first-order chi connectivity index (χ1) is 8.93. The zero-order valence-electron chi connectivity index (χ0n) is 10.5. The quantitative estimate of drug-likeness (QED) is 0.860. The van der Waals surface area contributed by atoms with Crippen LogP contribution in [0.1, 0.15) is 31.1 Å². The molecular weight excluding hydrogens is 268 g/mol. The van der Waals surface area contributed by atoms with Crippen molar-refractivity contribution in [2.45, 2.75) is 26.2 Å². The second kappa shape index (κ2) is 5.05. The van der Waals surface area contributed by atoms with Crippen molar-refractivity contribution in [3.8, 4) is 0 Å². The molecule has 2 aromatic rings. The number of carbonyl (C=O) groups is 1. The van der Waals surface area contributed by atoms with Crippen LogP contribution in [-0.4, -0.2) is 5.97 Å². The van der Waals surface area contributed by atoms with E-state index in [9.17, 15) is 14.7 Å². The minimum atomic E-state index is -1.22. The second-order valence-electron chi connectivity index (χ2n) is 4.35. The summed E-state index contributed by atoms with van der Waals surface area (Å²) in [6, 6.07) is 4.38. The summed E-state index contributed by atoms with van der Waals surface area (Å²) in [5.74, 6) is -1.52. The average molecular weight is 280 g/mol. The number of hydrogen-bond acceptors (Lipinski definition) is 4. The lowest BCUT2D eigenvalue weighted by atomic mass is 9.99. The number of carboxylic acids is 1. The molecule has 2 rings (SSSR count). The molecule has 100 valence electrons. The summed E-state index contributed by atoms with van der Waals surface area (Å²) in [6.45, 7) is 3.35. The largest absolute Gasteiger partial charge is 0.550 e. The summed E-state index contributed by atoms with van der Waals surface area (Å²) in [4.78, 5) is 22.9. The summed E-state index contributed by atoms with van der Waals surface area (Å²) in [5.41, 5.74) is 0.488. The van der Waals surface area contributed by atoms with E-state index in [1.165, 1.54) is 25.1 Å². The van der Waals surface area contributed by atoms with Crippen molar-refractivity contribution < 1.29 is 14.3 Å². The van der Waals surface area contributed by atoms with Gasteiger partial charge < -0.3 is 14.3 Å². The van der Waals surface area contributed by atoms with Gasteiger partial charge in [-0.25, -0.2) is 0 Å². The Morgan fingerprint density at radius 1 is 1.42 bits per heavy atom. The Bertz CT molecular complexity index is 702. The van der Waals surface area contributed by atoms with Crippen LogP contribution in [0.4, 0.5) is 0 Å². The summed E-state index contributed by atoms with van der Waals surface area (Å²) >= 11 is 6.07. The van der Waals surface area contributed by atoms with E-state index in [4.69, 9.17) is 16.0 Å². The molecule has 0 N–H and O–H groups in total. The molecule has 19 heavy (non-hydrogen) atoms. The normalized spacial score (nSPS) is 12.6. The van der Waals surface area contributed by atoms with E-state index in [1.54, 1.807) is 0 Å². The Labute approximate surface area is 114 Å².